The average molecular weight is 293 g/mol. The minimum absolute atomic E-state index is 0.00430. The van der Waals surface area contributed by atoms with Gasteiger partial charge in [0.05, 0.1) is 6.61 Å². The molecule has 0 fully saturated rings. The zero-order valence-corrected chi connectivity index (χ0v) is 13.3. The van der Waals surface area contributed by atoms with Crippen LogP contribution < -0.4 is 16.0 Å². The minimum atomic E-state index is -0.240. The third-order valence-electron chi connectivity index (χ3n) is 3.42. The molecule has 0 saturated carbocycles. The van der Waals surface area contributed by atoms with Gasteiger partial charge in [0, 0.05) is 25.9 Å². The molecular formula is C16H27N3O2. The topological polar surface area (TPSA) is 67.6 Å². The van der Waals surface area contributed by atoms with Crippen LogP contribution in [0.4, 0.5) is 5.69 Å². The summed E-state index contributed by atoms with van der Waals surface area (Å²) in [4.78, 5) is 14.3. The summed E-state index contributed by atoms with van der Waals surface area (Å²) in [6, 6.07) is 7.96. The van der Waals surface area contributed by atoms with Gasteiger partial charge >= 0.3 is 0 Å². The second-order valence-electron chi connectivity index (χ2n) is 5.13. The first kappa shape index (κ1) is 17.5. The van der Waals surface area contributed by atoms with Crippen molar-refractivity contribution in [1.29, 1.82) is 0 Å². The van der Waals surface area contributed by atoms with Gasteiger partial charge < -0.3 is 20.7 Å². The van der Waals surface area contributed by atoms with E-state index in [0.29, 0.717) is 19.7 Å². The fraction of sp³-hybridized carbons (Fsp3) is 0.562. The first-order valence-electron chi connectivity index (χ1n) is 7.40. The SMILES string of the molecule is COCCNC(=O)C(C)N(CCCN)c1ccc(C)cc1. The Morgan fingerprint density at radius 2 is 2.05 bits per heavy atom. The third-order valence-corrected chi connectivity index (χ3v) is 3.42. The second kappa shape index (κ2) is 9.37. The lowest BCUT2D eigenvalue weighted by Crippen LogP contribution is -2.46. The zero-order chi connectivity index (χ0) is 15.7. The van der Waals surface area contributed by atoms with Crippen LogP contribution in [-0.4, -0.2) is 45.3 Å². The number of carbonyl (C=O) groups is 1. The molecule has 1 amide bonds. The lowest BCUT2D eigenvalue weighted by Gasteiger charge is -2.30. The lowest BCUT2D eigenvalue weighted by molar-refractivity contribution is -0.122. The highest BCUT2D eigenvalue weighted by Crippen LogP contribution is 2.18. The molecule has 0 aromatic heterocycles. The van der Waals surface area contributed by atoms with Crippen LogP contribution in [0, 0.1) is 6.92 Å². The van der Waals surface area contributed by atoms with Crippen molar-refractivity contribution in [2.24, 2.45) is 5.73 Å². The van der Waals surface area contributed by atoms with Crippen molar-refractivity contribution in [1.82, 2.24) is 5.32 Å². The fourth-order valence-electron chi connectivity index (χ4n) is 2.11. The Kier molecular flexibility index (Phi) is 7.79. The van der Waals surface area contributed by atoms with Crippen molar-refractivity contribution in [2.75, 3.05) is 38.3 Å². The van der Waals surface area contributed by atoms with Crippen LogP contribution in [0.2, 0.25) is 0 Å². The number of rotatable bonds is 9. The predicted octanol–water partition coefficient (Wildman–Crippen LogP) is 1.30. The van der Waals surface area contributed by atoms with Crippen molar-refractivity contribution >= 4 is 11.6 Å². The first-order valence-corrected chi connectivity index (χ1v) is 7.40. The number of nitrogens with two attached hydrogens (primary N) is 1. The maximum atomic E-state index is 12.2. The van der Waals surface area contributed by atoms with E-state index >= 15 is 0 Å². The monoisotopic (exact) mass is 293 g/mol. The van der Waals surface area contributed by atoms with Crippen molar-refractivity contribution < 1.29 is 9.53 Å². The number of methoxy groups -OCH3 is 1. The quantitative estimate of drug-likeness (QED) is 0.674. The van der Waals surface area contributed by atoms with Gasteiger partial charge in [-0.05, 0) is 38.9 Å². The van der Waals surface area contributed by atoms with E-state index in [9.17, 15) is 4.79 Å². The largest absolute Gasteiger partial charge is 0.383 e. The van der Waals surface area contributed by atoms with E-state index in [2.05, 4.69) is 29.3 Å². The Bertz CT molecular complexity index is 420. The first-order chi connectivity index (χ1) is 10.1. The summed E-state index contributed by atoms with van der Waals surface area (Å²) in [5.74, 6) is 0.00430. The van der Waals surface area contributed by atoms with Gasteiger partial charge in [0.15, 0.2) is 0 Å². The Labute approximate surface area is 127 Å². The third kappa shape index (κ3) is 5.73. The molecule has 5 nitrogen and oxygen atoms in total. The number of benzene rings is 1. The summed E-state index contributed by atoms with van der Waals surface area (Å²) in [5, 5.41) is 2.88. The highest BCUT2D eigenvalue weighted by atomic mass is 16.5. The Morgan fingerprint density at radius 1 is 1.38 bits per heavy atom. The van der Waals surface area contributed by atoms with Gasteiger partial charge in [0.2, 0.25) is 5.91 Å². The number of hydrogen-bond donors (Lipinski definition) is 2. The predicted molar refractivity (Wildman–Crippen MR) is 86.5 cm³/mol. The number of aryl methyl sites for hydroxylation is 1. The summed E-state index contributed by atoms with van der Waals surface area (Å²) in [6.45, 7) is 6.39. The Balaban J connectivity index is 2.75. The van der Waals surface area contributed by atoms with Crippen molar-refractivity contribution in [3.63, 3.8) is 0 Å². The van der Waals surface area contributed by atoms with E-state index in [-0.39, 0.29) is 11.9 Å². The molecule has 0 radical (unpaired) electrons. The molecule has 0 heterocycles. The van der Waals surface area contributed by atoms with Crippen LogP contribution in [0.15, 0.2) is 24.3 Å². The molecule has 118 valence electrons. The van der Waals surface area contributed by atoms with Crippen LogP contribution in [0.5, 0.6) is 0 Å². The van der Waals surface area contributed by atoms with Crippen LogP contribution in [0.3, 0.4) is 0 Å². The summed E-state index contributed by atoms with van der Waals surface area (Å²) in [6.07, 6.45) is 0.851. The lowest BCUT2D eigenvalue weighted by atomic mass is 10.1. The Hall–Kier alpha value is -1.59. The number of anilines is 1. The molecule has 3 N–H and O–H groups in total. The summed E-state index contributed by atoms with van der Waals surface area (Å²) in [5.41, 5.74) is 7.86. The maximum Gasteiger partial charge on any atom is 0.242 e. The summed E-state index contributed by atoms with van der Waals surface area (Å²) < 4.78 is 4.95. The standard InChI is InChI=1S/C16H27N3O2/c1-13-5-7-15(8-6-13)19(11-4-9-17)14(2)16(20)18-10-12-21-3/h5-8,14H,4,9-12,17H2,1-3H3,(H,18,20). The number of hydrogen-bond acceptors (Lipinski definition) is 4. The maximum absolute atomic E-state index is 12.2. The van der Waals surface area contributed by atoms with Gasteiger partial charge in [-0.25, -0.2) is 0 Å². The van der Waals surface area contributed by atoms with Gasteiger partial charge in [0.1, 0.15) is 6.04 Å². The smallest absolute Gasteiger partial charge is 0.242 e. The molecule has 1 atom stereocenters. The summed E-state index contributed by atoms with van der Waals surface area (Å²) in [7, 11) is 1.62. The summed E-state index contributed by atoms with van der Waals surface area (Å²) >= 11 is 0. The van der Waals surface area contributed by atoms with E-state index in [1.54, 1.807) is 7.11 Å². The van der Waals surface area contributed by atoms with E-state index in [0.717, 1.165) is 18.7 Å². The average Bonchev–Trinajstić information content (AvgIpc) is 2.49. The van der Waals surface area contributed by atoms with Crippen molar-refractivity contribution in [3.05, 3.63) is 29.8 Å². The molecule has 21 heavy (non-hydrogen) atoms. The molecule has 5 heteroatoms. The zero-order valence-electron chi connectivity index (χ0n) is 13.3. The van der Waals surface area contributed by atoms with Gasteiger partial charge in [-0.1, -0.05) is 17.7 Å². The molecule has 0 aliphatic rings. The number of nitrogens with one attached hydrogen (secondary N) is 1. The molecule has 0 saturated heterocycles. The second-order valence-corrected chi connectivity index (χ2v) is 5.13. The van der Waals surface area contributed by atoms with Crippen LogP contribution in [-0.2, 0) is 9.53 Å². The van der Waals surface area contributed by atoms with Crippen LogP contribution in [0.1, 0.15) is 18.9 Å². The molecule has 1 aromatic rings. The van der Waals surface area contributed by atoms with Crippen molar-refractivity contribution in [3.8, 4) is 0 Å². The minimum Gasteiger partial charge on any atom is -0.383 e. The molecule has 0 spiro atoms. The molecule has 0 aliphatic carbocycles. The Morgan fingerprint density at radius 3 is 2.62 bits per heavy atom. The number of ether oxygens (including phenoxy) is 1. The molecule has 1 rings (SSSR count). The number of nitrogens with zero attached hydrogens (tertiary/aromatic N) is 1. The van der Waals surface area contributed by atoms with Gasteiger partial charge in [-0.3, -0.25) is 4.79 Å². The van der Waals surface area contributed by atoms with E-state index in [4.69, 9.17) is 10.5 Å². The van der Waals surface area contributed by atoms with Crippen LogP contribution in [0.25, 0.3) is 0 Å². The molecule has 1 unspecified atom stereocenters. The highest BCUT2D eigenvalue weighted by Gasteiger charge is 2.20. The van der Waals surface area contributed by atoms with E-state index < -0.39 is 0 Å². The normalized spacial score (nSPS) is 12.0. The van der Waals surface area contributed by atoms with Gasteiger partial charge in [0.25, 0.3) is 0 Å². The van der Waals surface area contributed by atoms with Gasteiger partial charge in [-0.2, -0.15) is 0 Å². The number of carbonyl (C=O) groups excluding carboxylic acids is 1. The van der Waals surface area contributed by atoms with E-state index in [1.165, 1.54) is 5.56 Å². The molecule has 0 bridgehead atoms. The van der Waals surface area contributed by atoms with E-state index in [1.807, 2.05) is 19.1 Å². The molecule has 0 aliphatic heterocycles. The van der Waals surface area contributed by atoms with Crippen LogP contribution >= 0.6 is 0 Å². The molecular weight excluding hydrogens is 266 g/mol. The molecule has 1 aromatic carbocycles. The van der Waals surface area contributed by atoms with Crippen molar-refractivity contribution in [2.45, 2.75) is 26.3 Å². The fourth-order valence-corrected chi connectivity index (χ4v) is 2.11. The highest BCUT2D eigenvalue weighted by molar-refractivity contribution is 5.84. The van der Waals surface area contributed by atoms with Gasteiger partial charge in [-0.15, -0.1) is 0 Å². The number of amides is 1.